The van der Waals surface area contributed by atoms with Gasteiger partial charge in [-0.05, 0) is 13.0 Å². The van der Waals surface area contributed by atoms with Crippen molar-refractivity contribution >= 4 is 34.3 Å². The molecule has 0 atom stereocenters. The minimum Gasteiger partial charge on any atom is -0.493 e. The monoisotopic (exact) mass is 334 g/mol. The number of benzene rings is 1. The van der Waals surface area contributed by atoms with Crippen molar-refractivity contribution in [2.24, 2.45) is 0 Å². The van der Waals surface area contributed by atoms with E-state index < -0.39 is 11.9 Å². The number of carboxylic acids is 1. The molecule has 0 aliphatic heterocycles. The summed E-state index contributed by atoms with van der Waals surface area (Å²) in [7, 11) is 2.90. The maximum atomic E-state index is 11.7. The van der Waals surface area contributed by atoms with E-state index in [1.807, 2.05) is 0 Å². The van der Waals surface area contributed by atoms with Crippen LogP contribution in [0.2, 0.25) is 0 Å². The lowest BCUT2D eigenvalue weighted by Crippen LogP contribution is -2.16. The van der Waals surface area contributed by atoms with Crippen LogP contribution in [0.4, 0.5) is 5.69 Å². The minimum absolute atomic E-state index is 0.118. The number of amides is 1. The molecule has 1 heterocycles. The zero-order valence-electron chi connectivity index (χ0n) is 13.8. The second-order valence-electron chi connectivity index (χ2n) is 5.22. The van der Waals surface area contributed by atoms with Gasteiger partial charge in [-0.1, -0.05) is 0 Å². The number of aromatic carboxylic acids is 1. The van der Waals surface area contributed by atoms with Crippen LogP contribution in [0.1, 0.15) is 24.3 Å². The largest absolute Gasteiger partial charge is 0.493 e. The van der Waals surface area contributed by atoms with Gasteiger partial charge in [-0.25, -0.2) is 4.79 Å². The highest BCUT2D eigenvalue weighted by molar-refractivity contribution is 6.11. The van der Waals surface area contributed by atoms with Gasteiger partial charge in [0, 0.05) is 18.4 Å². The van der Waals surface area contributed by atoms with E-state index in [-0.39, 0.29) is 23.7 Å². The smallest absolute Gasteiger partial charge is 0.354 e. The van der Waals surface area contributed by atoms with Gasteiger partial charge in [-0.3, -0.25) is 9.59 Å². The quantitative estimate of drug-likeness (QED) is 0.835. The van der Waals surface area contributed by atoms with E-state index in [1.165, 1.54) is 32.6 Å². The predicted molar refractivity (Wildman–Crippen MR) is 87.0 cm³/mol. The number of carbonyl (C=O) groups is 3. The molecule has 24 heavy (non-hydrogen) atoms. The molecule has 0 fully saturated rings. The number of anilines is 1. The van der Waals surface area contributed by atoms with Crippen LogP contribution in [-0.2, 0) is 16.1 Å². The fourth-order valence-corrected chi connectivity index (χ4v) is 2.59. The number of Topliss-reactive ketones (excluding diaryl/α,β-unsaturated/α-hetero) is 1. The second kappa shape index (κ2) is 6.61. The van der Waals surface area contributed by atoms with E-state index in [0.29, 0.717) is 22.4 Å². The zero-order valence-corrected chi connectivity index (χ0v) is 13.8. The van der Waals surface area contributed by atoms with E-state index in [2.05, 4.69) is 5.32 Å². The van der Waals surface area contributed by atoms with Crippen molar-refractivity contribution in [3.05, 3.63) is 17.8 Å². The fraction of sp³-hybridized carbons (Fsp3) is 0.312. The molecule has 0 saturated carbocycles. The van der Waals surface area contributed by atoms with Crippen molar-refractivity contribution in [2.75, 3.05) is 19.5 Å². The highest BCUT2D eigenvalue weighted by atomic mass is 16.5. The van der Waals surface area contributed by atoms with E-state index in [1.54, 1.807) is 12.1 Å². The number of nitrogens with zero attached hydrogens (tertiary/aromatic N) is 1. The predicted octanol–water partition coefficient (Wildman–Crippen LogP) is 1.90. The summed E-state index contributed by atoms with van der Waals surface area (Å²) >= 11 is 0. The molecule has 0 unspecified atom stereocenters. The Balaban J connectivity index is 2.92. The molecule has 2 rings (SSSR count). The molecule has 1 aromatic heterocycles. The van der Waals surface area contributed by atoms with Crippen molar-refractivity contribution in [1.29, 1.82) is 0 Å². The normalized spacial score (nSPS) is 10.5. The molecular weight excluding hydrogens is 316 g/mol. The molecule has 128 valence electrons. The lowest BCUT2D eigenvalue weighted by atomic mass is 10.2. The van der Waals surface area contributed by atoms with Gasteiger partial charge in [0.05, 0.1) is 32.0 Å². The third-order valence-corrected chi connectivity index (χ3v) is 3.45. The summed E-state index contributed by atoms with van der Waals surface area (Å²) in [6, 6.07) is 3.15. The third kappa shape index (κ3) is 3.03. The molecule has 8 heteroatoms. The SMILES string of the molecule is COc1cc2c(NC(C)=O)c(C(=O)O)n(CC(C)=O)c2cc1OC. The number of nitrogens with one attached hydrogen (secondary N) is 1. The van der Waals surface area contributed by atoms with Crippen molar-refractivity contribution in [3.63, 3.8) is 0 Å². The molecule has 0 radical (unpaired) electrons. The summed E-state index contributed by atoms with van der Waals surface area (Å²) in [5.74, 6) is -1.13. The number of hydrogen-bond donors (Lipinski definition) is 2. The summed E-state index contributed by atoms with van der Waals surface area (Å²) in [6.45, 7) is 2.49. The summed E-state index contributed by atoms with van der Waals surface area (Å²) in [5, 5.41) is 12.6. The first-order valence-electron chi connectivity index (χ1n) is 7.08. The van der Waals surface area contributed by atoms with E-state index >= 15 is 0 Å². The summed E-state index contributed by atoms with van der Waals surface area (Å²) in [5.41, 5.74) is 0.391. The van der Waals surface area contributed by atoms with Crippen molar-refractivity contribution < 1.29 is 29.0 Å². The molecule has 2 aromatic rings. The number of fused-ring (bicyclic) bond motifs is 1. The maximum Gasteiger partial charge on any atom is 0.354 e. The average molecular weight is 334 g/mol. The topological polar surface area (TPSA) is 107 Å². The summed E-state index contributed by atoms with van der Waals surface area (Å²) < 4.78 is 11.8. The van der Waals surface area contributed by atoms with Crippen molar-refractivity contribution in [2.45, 2.75) is 20.4 Å². The van der Waals surface area contributed by atoms with E-state index in [0.717, 1.165) is 0 Å². The Morgan fingerprint density at radius 3 is 2.17 bits per heavy atom. The molecule has 1 amide bonds. The van der Waals surface area contributed by atoms with Crippen LogP contribution < -0.4 is 14.8 Å². The number of methoxy groups -OCH3 is 2. The van der Waals surface area contributed by atoms with Crippen LogP contribution in [0, 0.1) is 0 Å². The minimum atomic E-state index is -1.26. The van der Waals surface area contributed by atoms with Gasteiger partial charge in [0.15, 0.2) is 17.2 Å². The van der Waals surface area contributed by atoms with Gasteiger partial charge in [0.25, 0.3) is 0 Å². The number of ketones is 1. The lowest BCUT2D eigenvalue weighted by molar-refractivity contribution is -0.117. The molecular formula is C16H18N2O6. The van der Waals surface area contributed by atoms with Crippen molar-refractivity contribution in [1.82, 2.24) is 4.57 Å². The number of rotatable bonds is 6. The molecule has 0 bridgehead atoms. The summed E-state index contributed by atoms with van der Waals surface area (Å²) in [4.78, 5) is 34.8. The lowest BCUT2D eigenvalue weighted by Gasteiger charge is -2.09. The Kier molecular flexibility index (Phi) is 4.77. The van der Waals surface area contributed by atoms with Crippen LogP contribution in [0.5, 0.6) is 11.5 Å². The number of ether oxygens (including phenoxy) is 2. The second-order valence-corrected chi connectivity index (χ2v) is 5.22. The molecule has 0 aliphatic carbocycles. The molecule has 0 aliphatic rings. The zero-order chi connectivity index (χ0) is 18.0. The Labute approximate surface area is 138 Å². The highest BCUT2D eigenvalue weighted by Crippen LogP contribution is 2.39. The number of carboxylic acid groups (broad SMARTS) is 1. The Hall–Kier alpha value is -3.03. The number of carbonyl (C=O) groups excluding carboxylic acids is 2. The Bertz CT molecular complexity index is 776. The Morgan fingerprint density at radius 2 is 1.71 bits per heavy atom. The maximum absolute atomic E-state index is 11.7. The average Bonchev–Trinajstić information content (AvgIpc) is 2.77. The van der Waals surface area contributed by atoms with E-state index in [4.69, 9.17) is 9.47 Å². The van der Waals surface area contributed by atoms with Crippen LogP contribution in [0.15, 0.2) is 12.1 Å². The first-order valence-corrected chi connectivity index (χ1v) is 7.08. The van der Waals surface area contributed by atoms with E-state index in [9.17, 15) is 19.5 Å². The first kappa shape index (κ1) is 17.3. The molecule has 8 nitrogen and oxygen atoms in total. The third-order valence-electron chi connectivity index (χ3n) is 3.45. The first-order chi connectivity index (χ1) is 11.3. The highest BCUT2D eigenvalue weighted by Gasteiger charge is 2.25. The Morgan fingerprint density at radius 1 is 1.12 bits per heavy atom. The van der Waals surface area contributed by atoms with Crippen LogP contribution in [-0.4, -0.2) is 41.6 Å². The number of aromatic nitrogens is 1. The summed E-state index contributed by atoms with van der Waals surface area (Å²) in [6.07, 6.45) is 0. The van der Waals surface area contributed by atoms with Crippen molar-refractivity contribution in [3.8, 4) is 11.5 Å². The van der Waals surface area contributed by atoms with Gasteiger partial charge in [0.2, 0.25) is 5.91 Å². The molecule has 0 spiro atoms. The van der Waals surface area contributed by atoms with Crippen LogP contribution in [0.25, 0.3) is 10.9 Å². The van der Waals surface area contributed by atoms with Gasteiger partial charge in [0.1, 0.15) is 5.78 Å². The van der Waals surface area contributed by atoms with Gasteiger partial charge < -0.3 is 24.5 Å². The number of hydrogen-bond acceptors (Lipinski definition) is 5. The molecule has 0 saturated heterocycles. The van der Waals surface area contributed by atoms with Gasteiger partial charge in [-0.15, -0.1) is 0 Å². The van der Waals surface area contributed by atoms with Gasteiger partial charge >= 0.3 is 5.97 Å². The fourth-order valence-electron chi connectivity index (χ4n) is 2.59. The van der Waals surface area contributed by atoms with Crippen LogP contribution >= 0.6 is 0 Å². The van der Waals surface area contributed by atoms with Gasteiger partial charge in [-0.2, -0.15) is 0 Å². The van der Waals surface area contributed by atoms with Crippen LogP contribution in [0.3, 0.4) is 0 Å². The standard InChI is InChI=1S/C16H18N2O6/c1-8(19)7-18-11-6-13(24-4)12(23-3)5-10(11)14(17-9(2)20)15(18)16(21)22/h5-6H,7H2,1-4H3,(H,17,20)(H,21,22). The molecule has 2 N–H and O–H groups in total. The molecule has 1 aromatic carbocycles.